The Morgan fingerprint density at radius 2 is 1.00 bits per heavy atom. The zero-order valence-electron chi connectivity index (χ0n) is 30.2. The highest BCUT2D eigenvalue weighted by molar-refractivity contribution is 5.85. The molecule has 0 bridgehead atoms. The van der Waals surface area contributed by atoms with Crippen molar-refractivity contribution >= 4 is 22.7 Å². The van der Waals surface area contributed by atoms with Crippen LogP contribution in [0.4, 0.5) is 0 Å². The molecule has 0 aliphatic rings. The highest BCUT2D eigenvalue weighted by Crippen LogP contribution is 2.29. The van der Waals surface area contributed by atoms with Gasteiger partial charge in [0.1, 0.15) is 11.5 Å². The van der Waals surface area contributed by atoms with Crippen molar-refractivity contribution in [1.82, 2.24) is 0 Å². The number of esters is 2. The molecule has 5 aromatic rings. The van der Waals surface area contributed by atoms with Crippen LogP contribution < -0.4 is 9.47 Å². The summed E-state index contributed by atoms with van der Waals surface area (Å²) in [6, 6.07) is 32.5. The van der Waals surface area contributed by atoms with Crippen molar-refractivity contribution in [2.45, 2.75) is 33.1 Å². The lowest BCUT2D eigenvalue weighted by Crippen LogP contribution is -2.06. The molecular weight excluding hydrogens is 661 g/mol. The van der Waals surface area contributed by atoms with E-state index in [0.717, 1.165) is 80.1 Å². The smallest absolute Gasteiger partial charge is 0.330 e. The van der Waals surface area contributed by atoms with Crippen LogP contribution in [0.25, 0.3) is 21.9 Å². The van der Waals surface area contributed by atoms with E-state index in [4.69, 9.17) is 18.9 Å². The fraction of sp³-hybridized carbons (Fsp3) is 0.191. The van der Waals surface area contributed by atoms with E-state index < -0.39 is 11.9 Å². The second-order valence-electron chi connectivity index (χ2n) is 12.3. The molecule has 0 atom stereocenters. The molecule has 5 rings (SSSR count). The Kier molecular flexibility index (Phi) is 13.7. The molecular formula is C47H42O6. The molecule has 0 radical (unpaired) electrons. The molecule has 0 spiro atoms. The van der Waals surface area contributed by atoms with Gasteiger partial charge in [-0.1, -0.05) is 61.1 Å². The molecule has 6 heteroatoms. The van der Waals surface area contributed by atoms with Gasteiger partial charge in [0.25, 0.3) is 0 Å². The van der Waals surface area contributed by atoms with Crippen LogP contribution in [-0.4, -0.2) is 38.4 Å². The molecule has 0 heterocycles. The molecule has 0 saturated carbocycles. The number of hydrogen-bond acceptors (Lipinski definition) is 6. The monoisotopic (exact) mass is 702 g/mol. The van der Waals surface area contributed by atoms with Crippen LogP contribution in [0.1, 0.15) is 52.6 Å². The minimum Gasteiger partial charge on any atom is -0.494 e. The quantitative estimate of drug-likeness (QED) is 0.0497. The van der Waals surface area contributed by atoms with Gasteiger partial charge < -0.3 is 18.9 Å². The summed E-state index contributed by atoms with van der Waals surface area (Å²) < 4.78 is 21.6. The summed E-state index contributed by atoms with van der Waals surface area (Å²) >= 11 is 0. The van der Waals surface area contributed by atoms with E-state index in [1.165, 1.54) is 11.6 Å². The minimum absolute atomic E-state index is 0.294. The van der Waals surface area contributed by atoms with E-state index in [9.17, 15) is 9.59 Å². The van der Waals surface area contributed by atoms with E-state index in [1.807, 2.05) is 60.7 Å². The molecule has 0 saturated heterocycles. The number of hydrogen-bond donors (Lipinski definition) is 0. The van der Waals surface area contributed by atoms with Crippen molar-refractivity contribution in [2.75, 3.05) is 26.4 Å². The second-order valence-corrected chi connectivity index (χ2v) is 12.3. The topological polar surface area (TPSA) is 71.1 Å². The molecule has 266 valence electrons. The number of rotatable bonds is 14. The first-order valence-electron chi connectivity index (χ1n) is 17.5. The van der Waals surface area contributed by atoms with Gasteiger partial charge in [0, 0.05) is 40.8 Å². The van der Waals surface area contributed by atoms with Crippen molar-refractivity contribution in [1.29, 1.82) is 0 Å². The standard InChI is InChI=1S/C47H42O6/c1-5-45(48)52-27-8-7-26-51-44-25-22-41-32-38(16-21-42(41)33-44)12-13-39-30-34(3)47(35(4)31-39)40-19-14-36(15-20-40)10-11-37-17-23-43(24-18-37)50-28-9-29-53-46(49)6-2/h5-6,14-25,30-33H,1-2,7-9,26-29H2,3-4H3. The molecule has 0 aromatic heterocycles. The Morgan fingerprint density at radius 1 is 0.528 bits per heavy atom. The third-order valence-corrected chi connectivity index (χ3v) is 8.26. The number of fused-ring (bicyclic) bond motifs is 1. The summed E-state index contributed by atoms with van der Waals surface area (Å²) in [6.07, 6.45) is 4.44. The van der Waals surface area contributed by atoms with E-state index >= 15 is 0 Å². The largest absolute Gasteiger partial charge is 0.494 e. The van der Waals surface area contributed by atoms with Crippen molar-refractivity contribution in [3.05, 3.63) is 156 Å². The van der Waals surface area contributed by atoms with Crippen LogP contribution >= 0.6 is 0 Å². The summed E-state index contributed by atoms with van der Waals surface area (Å²) in [4.78, 5) is 22.2. The number of carbonyl (C=O) groups is 2. The first kappa shape index (κ1) is 37.7. The number of aryl methyl sites for hydroxylation is 2. The van der Waals surface area contributed by atoms with Crippen molar-refractivity contribution < 1.29 is 28.5 Å². The molecule has 0 fully saturated rings. The number of carbonyl (C=O) groups excluding carboxylic acids is 2. The molecule has 53 heavy (non-hydrogen) atoms. The first-order chi connectivity index (χ1) is 25.8. The number of unbranched alkanes of at least 4 members (excludes halogenated alkanes) is 1. The average Bonchev–Trinajstić information content (AvgIpc) is 3.17. The second kappa shape index (κ2) is 19.2. The number of benzene rings is 5. The van der Waals surface area contributed by atoms with Gasteiger partial charge in [-0.2, -0.15) is 0 Å². The van der Waals surface area contributed by atoms with Gasteiger partial charge in [-0.15, -0.1) is 0 Å². The highest BCUT2D eigenvalue weighted by atomic mass is 16.5. The maximum atomic E-state index is 11.1. The predicted molar refractivity (Wildman–Crippen MR) is 211 cm³/mol. The van der Waals surface area contributed by atoms with Gasteiger partial charge in [-0.3, -0.25) is 0 Å². The lowest BCUT2D eigenvalue weighted by atomic mass is 9.93. The van der Waals surface area contributed by atoms with E-state index in [2.05, 4.69) is 87.1 Å². The van der Waals surface area contributed by atoms with Crippen LogP contribution in [0.5, 0.6) is 11.5 Å². The Balaban J connectivity index is 1.15. The average molecular weight is 703 g/mol. The number of ether oxygens (including phenoxy) is 4. The molecule has 0 N–H and O–H groups in total. The normalized spacial score (nSPS) is 10.2. The van der Waals surface area contributed by atoms with Gasteiger partial charge in [-0.05, 0) is 133 Å². The van der Waals surface area contributed by atoms with E-state index in [-0.39, 0.29) is 0 Å². The Bertz CT molecular complexity index is 2180. The van der Waals surface area contributed by atoms with E-state index in [0.29, 0.717) is 32.8 Å². The molecule has 0 amide bonds. The Hall–Kier alpha value is -6.50. The fourth-order valence-corrected chi connectivity index (χ4v) is 5.63. The zero-order chi connectivity index (χ0) is 37.4. The van der Waals surface area contributed by atoms with Crippen LogP contribution in [0, 0.1) is 37.5 Å². The summed E-state index contributed by atoms with van der Waals surface area (Å²) in [5.41, 5.74) is 8.40. The molecule has 6 nitrogen and oxygen atoms in total. The third-order valence-electron chi connectivity index (χ3n) is 8.26. The lowest BCUT2D eigenvalue weighted by molar-refractivity contribution is -0.138. The van der Waals surface area contributed by atoms with Crippen LogP contribution in [0.3, 0.4) is 0 Å². The van der Waals surface area contributed by atoms with Crippen molar-refractivity contribution in [2.24, 2.45) is 0 Å². The van der Waals surface area contributed by atoms with Crippen molar-refractivity contribution in [3.63, 3.8) is 0 Å². The summed E-state index contributed by atoms with van der Waals surface area (Å²) in [5, 5.41) is 2.18. The zero-order valence-corrected chi connectivity index (χ0v) is 30.2. The van der Waals surface area contributed by atoms with Gasteiger partial charge in [0.05, 0.1) is 26.4 Å². The molecule has 0 unspecified atom stereocenters. The summed E-state index contributed by atoms with van der Waals surface area (Å²) in [5.74, 6) is 13.9. The van der Waals surface area contributed by atoms with Gasteiger partial charge in [0.15, 0.2) is 0 Å². The molecule has 5 aromatic carbocycles. The summed E-state index contributed by atoms with van der Waals surface area (Å²) in [7, 11) is 0. The first-order valence-corrected chi connectivity index (χ1v) is 17.5. The van der Waals surface area contributed by atoms with Crippen LogP contribution in [0.15, 0.2) is 122 Å². The SMILES string of the molecule is C=CC(=O)OCCCCOc1ccc2cc(C#Cc3cc(C)c(-c4ccc(C#Cc5ccc(OCCCOC(=O)C=C)cc5)cc4)c(C)c3)ccc2c1. The molecule has 0 aliphatic carbocycles. The van der Waals surface area contributed by atoms with Gasteiger partial charge in [-0.25, -0.2) is 9.59 Å². The summed E-state index contributed by atoms with van der Waals surface area (Å²) in [6.45, 7) is 12.7. The maximum absolute atomic E-state index is 11.1. The molecule has 0 aliphatic heterocycles. The predicted octanol–water partition coefficient (Wildman–Crippen LogP) is 9.31. The minimum atomic E-state index is -0.428. The lowest BCUT2D eigenvalue weighted by Gasteiger charge is -2.11. The third kappa shape index (κ3) is 11.5. The van der Waals surface area contributed by atoms with E-state index in [1.54, 1.807) is 0 Å². The van der Waals surface area contributed by atoms with Gasteiger partial charge in [0.2, 0.25) is 0 Å². The van der Waals surface area contributed by atoms with Gasteiger partial charge >= 0.3 is 11.9 Å². The highest BCUT2D eigenvalue weighted by Gasteiger charge is 2.08. The fourth-order valence-electron chi connectivity index (χ4n) is 5.63. The Morgan fingerprint density at radius 3 is 1.66 bits per heavy atom. The Labute approximate surface area is 312 Å². The van der Waals surface area contributed by atoms with Crippen LogP contribution in [-0.2, 0) is 19.1 Å². The maximum Gasteiger partial charge on any atom is 0.330 e. The van der Waals surface area contributed by atoms with Crippen LogP contribution in [0.2, 0.25) is 0 Å². The van der Waals surface area contributed by atoms with Crippen molar-refractivity contribution in [3.8, 4) is 46.3 Å².